The Hall–Kier alpha value is -1.98. The maximum atomic E-state index is 12.3. The lowest BCUT2D eigenvalue weighted by atomic mass is 9.96. The molecule has 1 amide bonds. The number of rotatable bonds is 4. The summed E-state index contributed by atoms with van der Waals surface area (Å²) >= 11 is 0. The van der Waals surface area contributed by atoms with E-state index in [1.54, 1.807) is 6.07 Å². The van der Waals surface area contributed by atoms with Gasteiger partial charge >= 0.3 is 6.61 Å². The Morgan fingerprint density at radius 1 is 1.47 bits per heavy atom. The van der Waals surface area contributed by atoms with E-state index in [9.17, 15) is 18.4 Å². The molecule has 1 unspecified atom stereocenters. The van der Waals surface area contributed by atoms with Crippen molar-refractivity contribution in [2.45, 2.75) is 25.9 Å². The molecule has 1 aromatic rings. The van der Waals surface area contributed by atoms with E-state index >= 15 is 0 Å². The highest BCUT2D eigenvalue weighted by atomic mass is 19.3. The fourth-order valence-corrected chi connectivity index (χ4v) is 2.12. The van der Waals surface area contributed by atoms with E-state index in [1.165, 1.54) is 19.1 Å². The molecule has 102 valence electrons. The summed E-state index contributed by atoms with van der Waals surface area (Å²) in [6.07, 6.45) is 0.313. The van der Waals surface area contributed by atoms with Gasteiger partial charge in [-0.2, -0.15) is 8.78 Å². The number of hydrogen-bond donors (Lipinski definition) is 1. The van der Waals surface area contributed by atoms with Crippen molar-refractivity contribution in [2.24, 2.45) is 0 Å². The van der Waals surface area contributed by atoms with Crippen LogP contribution < -0.4 is 10.1 Å². The van der Waals surface area contributed by atoms with Gasteiger partial charge in [0.15, 0.2) is 5.78 Å². The molecule has 1 N–H and O–H groups in total. The standard InChI is InChI=1S/C13H13F2NO3/c1-7(17)10-3-2-8(4-11(10)19-13(14)15)9-5-12(18)16-6-9/h2-4,9,13H,5-6H2,1H3,(H,16,18). The van der Waals surface area contributed by atoms with E-state index in [4.69, 9.17) is 0 Å². The highest BCUT2D eigenvalue weighted by molar-refractivity contribution is 5.97. The zero-order chi connectivity index (χ0) is 14.0. The minimum Gasteiger partial charge on any atom is -0.434 e. The molecular weight excluding hydrogens is 256 g/mol. The third-order valence-electron chi connectivity index (χ3n) is 3.05. The first-order chi connectivity index (χ1) is 8.97. The number of halogens is 2. The SMILES string of the molecule is CC(=O)c1ccc(C2CNC(=O)C2)cc1OC(F)F. The van der Waals surface area contributed by atoms with Crippen LogP contribution in [0.4, 0.5) is 8.78 Å². The van der Waals surface area contributed by atoms with Crippen molar-refractivity contribution >= 4 is 11.7 Å². The van der Waals surface area contributed by atoms with E-state index in [1.807, 2.05) is 0 Å². The van der Waals surface area contributed by atoms with Crippen LogP contribution in [0.1, 0.15) is 35.2 Å². The number of amides is 1. The number of alkyl halides is 2. The van der Waals surface area contributed by atoms with Gasteiger partial charge in [-0.3, -0.25) is 9.59 Å². The second kappa shape index (κ2) is 5.34. The van der Waals surface area contributed by atoms with E-state index in [0.717, 1.165) is 0 Å². The number of carbonyl (C=O) groups excluding carboxylic acids is 2. The van der Waals surface area contributed by atoms with Crippen molar-refractivity contribution in [3.05, 3.63) is 29.3 Å². The first-order valence-corrected chi connectivity index (χ1v) is 5.83. The quantitative estimate of drug-likeness (QED) is 0.851. The summed E-state index contributed by atoms with van der Waals surface area (Å²) in [7, 11) is 0. The lowest BCUT2D eigenvalue weighted by Crippen LogP contribution is -2.13. The highest BCUT2D eigenvalue weighted by Crippen LogP contribution is 2.29. The predicted molar refractivity (Wildman–Crippen MR) is 63.4 cm³/mol. The second-order valence-electron chi connectivity index (χ2n) is 4.40. The third-order valence-corrected chi connectivity index (χ3v) is 3.05. The highest BCUT2D eigenvalue weighted by Gasteiger charge is 2.24. The van der Waals surface area contributed by atoms with Crippen molar-refractivity contribution in [2.75, 3.05) is 6.54 Å². The molecule has 2 rings (SSSR count). The summed E-state index contributed by atoms with van der Waals surface area (Å²) in [6.45, 7) is -1.24. The van der Waals surface area contributed by atoms with Crippen LogP contribution in [-0.4, -0.2) is 24.8 Å². The Balaban J connectivity index is 2.32. The smallest absolute Gasteiger partial charge is 0.387 e. The molecule has 0 bridgehead atoms. The summed E-state index contributed by atoms with van der Waals surface area (Å²) in [5, 5.41) is 2.67. The number of carbonyl (C=O) groups is 2. The fourth-order valence-electron chi connectivity index (χ4n) is 2.12. The lowest BCUT2D eigenvalue weighted by molar-refractivity contribution is -0.119. The Kier molecular flexibility index (Phi) is 3.78. The van der Waals surface area contributed by atoms with Crippen LogP contribution in [0.5, 0.6) is 5.75 Å². The van der Waals surface area contributed by atoms with E-state index in [2.05, 4.69) is 10.1 Å². The van der Waals surface area contributed by atoms with Crippen LogP contribution in [0, 0.1) is 0 Å². The van der Waals surface area contributed by atoms with Crippen molar-refractivity contribution in [3.63, 3.8) is 0 Å². The average Bonchev–Trinajstić information content (AvgIpc) is 2.74. The topological polar surface area (TPSA) is 55.4 Å². The summed E-state index contributed by atoms with van der Waals surface area (Å²) in [4.78, 5) is 22.5. The van der Waals surface area contributed by atoms with Crippen LogP contribution in [0.2, 0.25) is 0 Å². The van der Waals surface area contributed by atoms with Crippen molar-refractivity contribution < 1.29 is 23.1 Å². The third kappa shape index (κ3) is 3.07. The van der Waals surface area contributed by atoms with Crippen LogP contribution in [0.3, 0.4) is 0 Å². The van der Waals surface area contributed by atoms with Crippen molar-refractivity contribution in [1.82, 2.24) is 5.32 Å². The van der Waals surface area contributed by atoms with Crippen LogP contribution in [0.15, 0.2) is 18.2 Å². The van der Waals surface area contributed by atoms with Gasteiger partial charge in [0, 0.05) is 18.9 Å². The second-order valence-corrected chi connectivity index (χ2v) is 4.40. The number of ketones is 1. The van der Waals surface area contributed by atoms with Gasteiger partial charge in [0.2, 0.25) is 5.91 Å². The molecule has 0 spiro atoms. The molecule has 6 heteroatoms. The minimum atomic E-state index is -2.99. The van der Waals surface area contributed by atoms with Gasteiger partial charge in [-0.15, -0.1) is 0 Å². The molecule has 4 nitrogen and oxygen atoms in total. The molecular formula is C13H13F2NO3. The molecule has 1 aromatic carbocycles. The first kappa shape index (κ1) is 13.5. The van der Waals surface area contributed by atoms with Crippen molar-refractivity contribution in [3.8, 4) is 5.75 Å². The first-order valence-electron chi connectivity index (χ1n) is 5.83. The Morgan fingerprint density at radius 2 is 2.21 bits per heavy atom. The monoisotopic (exact) mass is 269 g/mol. The Labute approximate surface area is 108 Å². The normalized spacial score (nSPS) is 18.5. The molecule has 1 heterocycles. The average molecular weight is 269 g/mol. The van der Waals surface area contributed by atoms with Crippen molar-refractivity contribution in [1.29, 1.82) is 0 Å². The predicted octanol–water partition coefficient (Wildman–Crippen LogP) is 2.09. The van der Waals surface area contributed by atoms with Gasteiger partial charge in [0.05, 0.1) is 5.56 Å². The molecule has 0 radical (unpaired) electrons. The number of hydrogen-bond acceptors (Lipinski definition) is 3. The molecule has 0 aliphatic carbocycles. The zero-order valence-corrected chi connectivity index (χ0v) is 10.3. The summed E-state index contributed by atoms with van der Waals surface area (Å²) in [5.41, 5.74) is 0.820. The molecule has 19 heavy (non-hydrogen) atoms. The van der Waals surface area contributed by atoms with Crippen LogP contribution in [0.25, 0.3) is 0 Å². The van der Waals surface area contributed by atoms with Gasteiger partial charge in [0.25, 0.3) is 0 Å². The molecule has 0 aromatic heterocycles. The number of nitrogens with one attached hydrogen (secondary N) is 1. The molecule has 1 saturated heterocycles. The van der Waals surface area contributed by atoms with Gasteiger partial charge < -0.3 is 10.1 Å². The molecule has 1 aliphatic heterocycles. The van der Waals surface area contributed by atoms with E-state index < -0.39 is 6.61 Å². The largest absolute Gasteiger partial charge is 0.434 e. The number of benzene rings is 1. The summed E-state index contributed by atoms with van der Waals surface area (Å²) in [5.74, 6) is -0.632. The van der Waals surface area contributed by atoms with Gasteiger partial charge in [-0.05, 0) is 24.6 Å². The van der Waals surface area contributed by atoms with Gasteiger partial charge in [-0.25, -0.2) is 0 Å². The van der Waals surface area contributed by atoms with E-state index in [0.29, 0.717) is 18.5 Å². The van der Waals surface area contributed by atoms with Crippen LogP contribution >= 0.6 is 0 Å². The maximum absolute atomic E-state index is 12.3. The van der Waals surface area contributed by atoms with Gasteiger partial charge in [0.1, 0.15) is 5.75 Å². The maximum Gasteiger partial charge on any atom is 0.387 e. The summed E-state index contributed by atoms with van der Waals surface area (Å²) < 4.78 is 29.0. The minimum absolute atomic E-state index is 0.0722. The molecule has 1 fully saturated rings. The van der Waals surface area contributed by atoms with Gasteiger partial charge in [-0.1, -0.05) is 6.07 Å². The fraction of sp³-hybridized carbons (Fsp3) is 0.385. The summed E-state index contributed by atoms with van der Waals surface area (Å²) in [6, 6.07) is 4.53. The molecule has 1 aliphatic rings. The number of ether oxygens (including phenoxy) is 1. The Morgan fingerprint density at radius 3 is 2.74 bits per heavy atom. The molecule has 0 saturated carbocycles. The number of Topliss-reactive ketones (excluding diaryl/α,β-unsaturated/α-hetero) is 1. The zero-order valence-electron chi connectivity index (χ0n) is 10.3. The lowest BCUT2D eigenvalue weighted by Gasteiger charge is -2.13. The molecule has 1 atom stereocenters. The Bertz CT molecular complexity index is 517. The van der Waals surface area contributed by atoms with E-state index in [-0.39, 0.29) is 28.9 Å². The van der Waals surface area contributed by atoms with Crippen LogP contribution in [-0.2, 0) is 4.79 Å².